The fourth-order valence-electron chi connectivity index (χ4n) is 4.56. The Balaban J connectivity index is 1.45. The molecule has 0 aliphatic carbocycles. The van der Waals surface area contributed by atoms with Crippen molar-refractivity contribution in [3.63, 3.8) is 0 Å². The molecule has 0 N–H and O–H groups in total. The Morgan fingerprint density at radius 1 is 1.24 bits per heavy atom. The van der Waals surface area contributed by atoms with Crippen LogP contribution < -0.4 is 0 Å². The lowest BCUT2D eigenvalue weighted by molar-refractivity contribution is -0.0151. The van der Waals surface area contributed by atoms with Crippen molar-refractivity contribution >= 4 is 11.9 Å². The van der Waals surface area contributed by atoms with Gasteiger partial charge in [0.2, 0.25) is 0 Å². The van der Waals surface area contributed by atoms with Crippen molar-refractivity contribution in [1.82, 2.24) is 14.7 Å². The molecule has 3 fully saturated rings. The van der Waals surface area contributed by atoms with Crippen molar-refractivity contribution < 1.29 is 18.7 Å². The molecule has 1 aromatic rings. The summed E-state index contributed by atoms with van der Waals surface area (Å²) < 4.78 is 10.5. The highest BCUT2D eigenvalue weighted by molar-refractivity contribution is 5.93. The van der Waals surface area contributed by atoms with Crippen LogP contribution in [0, 0.1) is 0 Å². The number of piperidine rings is 1. The lowest BCUT2D eigenvalue weighted by Crippen LogP contribution is -2.57. The third-order valence-corrected chi connectivity index (χ3v) is 5.88. The van der Waals surface area contributed by atoms with E-state index < -0.39 is 0 Å². The van der Waals surface area contributed by atoms with Crippen LogP contribution in [-0.4, -0.2) is 78.1 Å². The molecule has 1 aromatic heterocycles. The zero-order chi connectivity index (χ0) is 17.4. The molecule has 3 aliphatic heterocycles. The number of likely N-dealkylation sites (tertiary alicyclic amines) is 1. The second kappa shape index (κ2) is 6.37. The maximum absolute atomic E-state index is 12.8. The van der Waals surface area contributed by atoms with E-state index in [1.807, 2.05) is 16.8 Å². The van der Waals surface area contributed by atoms with Gasteiger partial charge >= 0.3 is 6.03 Å². The molecule has 7 heteroatoms. The summed E-state index contributed by atoms with van der Waals surface area (Å²) in [6.45, 7) is 3.57. The number of furan rings is 1. The van der Waals surface area contributed by atoms with E-state index in [2.05, 4.69) is 4.90 Å². The number of nitrogens with zero attached hydrogens (tertiary/aromatic N) is 3. The number of rotatable bonds is 2. The topological polar surface area (TPSA) is 66.2 Å². The van der Waals surface area contributed by atoms with Gasteiger partial charge in [0.15, 0.2) is 0 Å². The molecule has 0 saturated carbocycles. The van der Waals surface area contributed by atoms with Crippen molar-refractivity contribution in [1.29, 1.82) is 0 Å². The van der Waals surface area contributed by atoms with E-state index in [1.54, 1.807) is 6.07 Å². The van der Waals surface area contributed by atoms with Crippen LogP contribution in [0.4, 0.5) is 4.79 Å². The third-order valence-electron chi connectivity index (χ3n) is 5.88. The van der Waals surface area contributed by atoms with E-state index >= 15 is 0 Å². The Morgan fingerprint density at radius 3 is 2.60 bits per heavy atom. The molecule has 0 atom stereocenters. The summed E-state index contributed by atoms with van der Waals surface area (Å²) in [5.41, 5.74) is 0.502. The summed E-state index contributed by atoms with van der Waals surface area (Å²) in [6, 6.07) is 2.02. The number of urea groups is 1. The van der Waals surface area contributed by atoms with Crippen LogP contribution in [0.15, 0.2) is 23.0 Å². The summed E-state index contributed by atoms with van der Waals surface area (Å²) in [5, 5.41) is 0. The lowest BCUT2D eigenvalue weighted by atomic mass is 9.86. The molecule has 3 saturated heterocycles. The molecule has 4 rings (SSSR count). The van der Waals surface area contributed by atoms with Gasteiger partial charge < -0.3 is 23.9 Å². The Bertz CT molecular complexity index is 631. The number of carbonyl (C=O) groups excluding carboxylic acids is 2. The van der Waals surface area contributed by atoms with Crippen LogP contribution in [0.25, 0.3) is 0 Å². The van der Waals surface area contributed by atoms with Gasteiger partial charge in [0.25, 0.3) is 5.91 Å². The Hall–Kier alpha value is -2.02. The van der Waals surface area contributed by atoms with E-state index in [9.17, 15) is 9.59 Å². The molecule has 1 spiro atoms. The monoisotopic (exact) mass is 347 g/mol. The second-order valence-corrected chi connectivity index (χ2v) is 7.38. The predicted molar refractivity (Wildman–Crippen MR) is 90.3 cm³/mol. The highest BCUT2D eigenvalue weighted by atomic mass is 16.5. The number of likely N-dealkylation sites (N-methyl/N-ethyl adjacent to an activating group) is 1. The van der Waals surface area contributed by atoms with Crippen LogP contribution in [0.5, 0.6) is 0 Å². The average Bonchev–Trinajstić information content (AvgIpc) is 3.24. The predicted octanol–water partition coefficient (Wildman–Crippen LogP) is 1.80. The van der Waals surface area contributed by atoms with E-state index in [0.717, 1.165) is 45.4 Å². The zero-order valence-electron chi connectivity index (χ0n) is 14.6. The normalized spacial score (nSPS) is 24.4. The van der Waals surface area contributed by atoms with E-state index in [4.69, 9.17) is 9.15 Å². The second-order valence-electron chi connectivity index (χ2n) is 7.38. The minimum absolute atomic E-state index is 0.0119. The minimum Gasteiger partial charge on any atom is -0.472 e. The number of amides is 3. The maximum Gasteiger partial charge on any atom is 0.320 e. The third kappa shape index (κ3) is 2.80. The first-order chi connectivity index (χ1) is 12.1. The van der Waals surface area contributed by atoms with Gasteiger partial charge in [0.05, 0.1) is 17.4 Å². The maximum atomic E-state index is 12.8. The molecule has 136 valence electrons. The van der Waals surface area contributed by atoms with Crippen LogP contribution in [-0.2, 0) is 4.74 Å². The van der Waals surface area contributed by atoms with Gasteiger partial charge in [-0.1, -0.05) is 0 Å². The average molecular weight is 347 g/mol. The first-order valence-corrected chi connectivity index (χ1v) is 9.04. The summed E-state index contributed by atoms with van der Waals surface area (Å²) >= 11 is 0. The number of hydrogen-bond donors (Lipinski definition) is 0. The van der Waals surface area contributed by atoms with Gasteiger partial charge in [-0.3, -0.25) is 4.79 Å². The molecule has 0 radical (unpaired) electrons. The SMILES string of the molecule is CN1CC2(CCOCC2)N(C2CCN(C(=O)c3ccoc3)CC2)C1=O. The summed E-state index contributed by atoms with van der Waals surface area (Å²) in [6.07, 6.45) is 6.46. The smallest absolute Gasteiger partial charge is 0.320 e. The first-order valence-electron chi connectivity index (χ1n) is 9.04. The lowest BCUT2D eigenvalue weighted by Gasteiger charge is -2.46. The van der Waals surface area contributed by atoms with Crippen LogP contribution in [0.1, 0.15) is 36.0 Å². The van der Waals surface area contributed by atoms with E-state index in [0.29, 0.717) is 18.7 Å². The quantitative estimate of drug-likeness (QED) is 0.818. The summed E-state index contributed by atoms with van der Waals surface area (Å²) in [7, 11) is 1.89. The molecular weight excluding hydrogens is 322 g/mol. The van der Waals surface area contributed by atoms with Crippen molar-refractivity contribution in [3.8, 4) is 0 Å². The fourth-order valence-corrected chi connectivity index (χ4v) is 4.56. The molecule has 0 bridgehead atoms. The first kappa shape index (κ1) is 16.4. The molecule has 4 heterocycles. The molecule has 25 heavy (non-hydrogen) atoms. The Labute approximate surface area is 147 Å². The van der Waals surface area contributed by atoms with Gasteiger partial charge in [0.1, 0.15) is 6.26 Å². The van der Waals surface area contributed by atoms with Crippen molar-refractivity contribution in [2.24, 2.45) is 0 Å². The number of ether oxygens (including phenoxy) is 1. The van der Waals surface area contributed by atoms with Crippen LogP contribution in [0.2, 0.25) is 0 Å². The number of carbonyl (C=O) groups is 2. The van der Waals surface area contributed by atoms with Crippen LogP contribution in [0.3, 0.4) is 0 Å². The van der Waals surface area contributed by atoms with Gasteiger partial charge in [0, 0.05) is 45.9 Å². The Kier molecular flexibility index (Phi) is 4.19. The summed E-state index contributed by atoms with van der Waals surface area (Å²) in [5.74, 6) is 0.0119. The molecule has 0 aromatic carbocycles. The standard InChI is InChI=1S/C18H25N3O4/c1-19-13-18(5-10-24-11-6-18)21(17(19)23)15-2-7-20(8-3-15)16(22)14-4-9-25-12-14/h4,9,12,15H,2-3,5-8,10-11,13H2,1H3. The summed E-state index contributed by atoms with van der Waals surface area (Å²) in [4.78, 5) is 31.1. The van der Waals surface area contributed by atoms with Crippen molar-refractivity contribution in [2.45, 2.75) is 37.3 Å². The molecule has 0 unspecified atom stereocenters. The van der Waals surface area contributed by atoms with Gasteiger partial charge in [-0.25, -0.2) is 4.79 Å². The molecule has 3 amide bonds. The molecular formula is C18H25N3O4. The molecule has 3 aliphatic rings. The van der Waals surface area contributed by atoms with E-state index in [1.165, 1.54) is 12.5 Å². The number of hydrogen-bond acceptors (Lipinski definition) is 4. The highest BCUT2D eigenvalue weighted by Gasteiger charge is 2.52. The fraction of sp³-hybridized carbons (Fsp3) is 0.667. The highest BCUT2D eigenvalue weighted by Crippen LogP contribution is 2.38. The van der Waals surface area contributed by atoms with Gasteiger partial charge in [-0.2, -0.15) is 0 Å². The minimum atomic E-state index is -0.0918. The van der Waals surface area contributed by atoms with Crippen molar-refractivity contribution in [3.05, 3.63) is 24.2 Å². The largest absolute Gasteiger partial charge is 0.472 e. The molecule has 7 nitrogen and oxygen atoms in total. The van der Waals surface area contributed by atoms with E-state index in [-0.39, 0.29) is 23.5 Å². The van der Waals surface area contributed by atoms with Crippen LogP contribution >= 0.6 is 0 Å². The van der Waals surface area contributed by atoms with Gasteiger partial charge in [-0.05, 0) is 31.7 Å². The van der Waals surface area contributed by atoms with Crippen molar-refractivity contribution in [2.75, 3.05) is 39.9 Å². The zero-order valence-corrected chi connectivity index (χ0v) is 14.6. The Morgan fingerprint density at radius 2 is 1.96 bits per heavy atom. The van der Waals surface area contributed by atoms with Gasteiger partial charge in [-0.15, -0.1) is 0 Å².